The molecule has 0 unspecified atom stereocenters. The summed E-state index contributed by atoms with van der Waals surface area (Å²) in [6.07, 6.45) is 3.69. The van der Waals surface area contributed by atoms with Crippen molar-refractivity contribution >= 4 is 35.2 Å². The molecule has 0 bridgehead atoms. The topological polar surface area (TPSA) is 232 Å². The Morgan fingerprint density at radius 2 is 0.984 bits per heavy atom. The Bertz CT molecular complexity index is 6340. The van der Waals surface area contributed by atoms with E-state index in [0.29, 0.717) is 195 Å². The van der Waals surface area contributed by atoms with Gasteiger partial charge in [-0.1, -0.05) is 48.0 Å². The summed E-state index contributed by atoms with van der Waals surface area (Å²) in [6.45, 7) is 10.9. The van der Waals surface area contributed by atoms with Crippen molar-refractivity contribution < 1.29 is 88.5 Å². The maximum Gasteiger partial charge on any atom is 0.431 e. The molecule has 0 radical (unpaired) electrons. The number of amides is 4. The number of aliphatic hydroxyl groups excluding tert-OH is 1. The van der Waals surface area contributed by atoms with Gasteiger partial charge in [0, 0.05) is 145 Å². The molecule has 8 aliphatic rings. The highest BCUT2D eigenvalue weighted by molar-refractivity contribution is 6.31. The highest BCUT2D eigenvalue weighted by atomic mass is 35.5. The number of aryl methyl sites for hydroxylation is 2. The molecule has 7 aromatic carbocycles. The summed E-state index contributed by atoms with van der Waals surface area (Å²) in [4.78, 5) is 64.1. The van der Waals surface area contributed by atoms with Gasteiger partial charge in [-0.3, -0.25) is 23.7 Å². The number of para-hydroxylation sites is 5. The number of carbonyl (C=O) groups is 4. The molecule has 8 aliphatic heterocycles. The number of halogens is 7. The highest BCUT2D eigenvalue weighted by Gasteiger charge is 2.52. The van der Waals surface area contributed by atoms with E-state index in [4.69, 9.17) is 49.5 Å². The van der Waals surface area contributed by atoms with Crippen molar-refractivity contribution in [1.82, 2.24) is 42.9 Å². The van der Waals surface area contributed by atoms with Gasteiger partial charge in [0.2, 0.25) is 0 Å². The van der Waals surface area contributed by atoms with Gasteiger partial charge in [-0.05, 0) is 173 Å². The fourth-order valence-electron chi connectivity index (χ4n) is 18.8. The zero-order chi connectivity index (χ0) is 89.9. The van der Waals surface area contributed by atoms with Crippen molar-refractivity contribution in [1.29, 1.82) is 5.26 Å². The number of pyridine rings is 1. The van der Waals surface area contributed by atoms with Gasteiger partial charge < -0.3 is 76.3 Å². The van der Waals surface area contributed by atoms with Crippen molar-refractivity contribution in [3.63, 3.8) is 0 Å². The largest absolute Gasteiger partial charge is 0.496 e. The molecule has 4 fully saturated rings. The third-order valence-electron chi connectivity index (χ3n) is 25.2. The van der Waals surface area contributed by atoms with Crippen molar-refractivity contribution in [2.24, 2.45) is 0 Å². The second-order valence-corrected chi connectivity index (χ2v) is 33.4. The summed E-state index contributed by atoms with van der Waals surface area (Å²) < 4.78 is 137. The monoisotopic (exact) mass is 1760 g/mol. The summed E-state index contributed by atoms with van der Waals surface area (Å²) in [5, 5.41) is 19.2. The van der Waals surface area contributed by atoms with Gasteiger partial charge >= 0.3 is 6.18 Å². The van der Waals surface area contributed by atoms with E-state index in [-0.39, 0.29) is 53.0 Å². The number of piperidine rings is 4. The lowest BCUT2D eigenvalue weighted by molar-refractivity contribution is -0.143. The number of alkyl halides is 3. The number of methoxy groups -OCH3 is 3. The van der Waals surface area contributed by atoms with Crippen LogP contribution in [-0.4, -0.2) is 151 Å². The Kier molecular flexibility index (Phi) is 23.4. The lowest BCUT2D eigenvalue weighted by atomic mass is 9.86. The average molecular weight is 1770 g/mol. The molecule has 4 spiro atoms. The van der Waals surface area contributed by atoms with Crippen molar-refractivity contribution in [2.45, 2.75) is 120 Å². The first-order chi connectivity index (χ1) is 61.6. The second-order valence-electron chi connectivity index (χ2n) is 33.0. The Balaban J connectivity index is 0.000000120. The minimum atomic E-state index is -4.50. The quantitative estimate of drug-likeness (QED) is 0.125. The number of benzene rings is 7. The third-order valence-corrected chi connectivity index (χ3v) is 25.5. The Hall–Kier alpha value is -13.6. The Morgan fingerprint density at radius 3 is 1.48 bits per heavy atom. The average Bonchev–Trinajstić information content (AvgIpc) is 1.50. The molecule has 30 heteroatoms. The minimum Gasteiger partial charge on any atom is -0.496 e. The molecule has 0 saturated carbocycles. The molecule has 5 aromatic heterocycles. The van der Waals surface area contributed by atoms with Gasteiger partial charge in [0.05, 0.1) is 101 Å². The second kappa shape index (κ2) is 34.6. The van der Waals surface area contributed by atoms with Crippen molar-refractivity contribution in [3.8, 4) is 74.8 Å². The molecule has 4 saturated heterocycles. The van der Waals surface area contributed by atoms with E-state index in [2.05, 4.69) is 15.6 Å². The van der Waals surface area contributed by atoms with Crippen LogP contribution in [0.25, 0.3) is 22.7 Å². The molecule has 0 aliphatic carbocycles. The zero-order valence-electron chi connectivity index (χ0n) is 71.2. The molecule has 23 nitrogen and oxygen atoms in total. The number of hydrogen-bond acceptors (Lipinski definition) is 15. The third kappa shape index (κ3) is 15.9. The van der Waals surface area contributed by atoms with Crippen LogP contribution in [0.3, 0.4) is 0 Å². The number of carbonyl (C=O) groups excluding carboxylic acids is 4. The van der Waals surface area contributed by atoms with Crippen LogP contribution in [-0.2, 0) is 35.2 Å². The molecule has 1 N–H and O–H groups in total. The van der Waals surface area contributed by atoms with E-state index in [1.807, 2.05) is 114 Å². The van der Waals surface area contributed by atoms with Crippen LogP contribution in [0.1, 0.15) is 158 Å². The SMILES string of the molecule is COc1c(C)cccc1C(=O)N1CCC2(CC1)Oc1cc(F)ccc1-n1cccc12.COc1cc(OC)c(C(=O)N2CCC3(CC2)Oc2cc(F)ccc2-n2cccc23)cc1CO.Cc1nc(C(=O)N2CCC3(CC2)Oc2ccccc2-n2c(C(F)(F)F)ccc23)ccc1OC(C)C.N#Cc1ccc2n1-c1ccccc1OC21CCN(C(=O)c2ccc(F)c(Cl)c2)CC1. The number of fused-ring (bicyclic) bond motifs is 16. The Morgan fingerprint density at radius 1 is 0.492 bits per heavy atom. The van der Waals surface area contributed by atoms with Crippen LogP contribution in [0.2, 0.25) is 5.02 Å². The molecule has 4 amide bonds. The van der Waals surface area contributed by atoms with Gasteiger partial charge in [0.1, 0.15) is 86.6 Å². The maximum atomic E-state index is 13.9. The summed E-state index contributed by atoms with van der Waals surface area (Å²) in [6, 6.07) is 56.4. The van der Waals surface area contributed by atoms with Crippen molar-refractivity contribution in [2.75, 3.05) is 73.7 Å². The van der Waals surface area contributed by atoms with Gasteiger partial charge in [-0.15, -0.1) is 0 Å². The van der Waals surface area contributed by atoms with E-state index in [0.717, 1.165) is 51.5 Å². The van der Waals surface area contributed by atoms with E-state index in [1.54, 1.807) is 102 Å². The van der Waals surface area contributed by atoms with Crippen LogP contribution in [0, 0.1) is 42.6 Å². The summed E-state index contributed by atoms with van der Waals surface area (Å²) in [5.41, 5.74) is 7.04. The van der Waals surface area contributed by atoms with Gasteiger partial charge in [-0.2, -0.15) is 18.4 Å². The van der Waals surface area contributed by atoms with Crippen LogP contribution in [0.5, 0.6) is 46.0 Å². The predicted octanol–water partition coefficient (Wildman–Crippen LogP) is 18.3. The maximum absolute atomic E-state index is 13.9. The number of nitriles is 1. The lowest BCUT2D eigenvalue weighted by Gasteiger charge is -2.45. The predicted molar refractivity (Wildman–Crippen MR) is 462 cm³/mol. The van der Waals surface area contributed by atoms with Crippen LogP contribution < -0.4 is 37.9 Å². The first kappa shape index (κ1) is 86.5. The summed E-state index contributed by atoms with van der Waals surface area (Å²) in [5.74, 6) is 2.43. The smallest absolute Gasteiger partial charge is 0.431 e. The zero-order valence-corrected chi connectivity index (χ0v) is 71.9. The number of hydrogen-bond donors (Lipinski definition) is 1. The summed E-state index contributed by atoms with van der Waals surface area (Å²) >= 11 is 5.84. The van der Waals surface area contributed by atoms with Crippen LogP contribution in [0.15, 0.2) is 207 Å². The number of ether oxygens (including phenoxy) is 8. The molecule has 128 heavy (non-hydrogen) atoms. The molecular weight excluding hydrogens is 1670 g/mol. The van der Waals surface area contributed by atoms with Gasteiger partial charge in [0.25, 0.3) is 23.6 Å². The fraction of sp³-hybridized carbons (Fsp3) is 0.306. The molecular formula is C98H91ClF6N10O13. The van der Waals surface area contributed by atoms with Crippen LogP contribution >= 0.6 is 11.6 Å². The number of aliphatic hydroxyl groups is 1. The number of rotatable bonds is 10. The van der Waals surface area contributed by atoms with E-state index in [9.17, 15) is 55.9 Å². The first-order valence-electron chi connectivity index (χ1n) is 42.2. The van der Waals surface area contributed by atoms with Crippen molar-refractivity contribution in [3.05, 3.63) is 302 Å². The first-order valence-corrected chi connectivity index (χ1v) is 42.6. The minimum absolute atomic E-state index is 0.00670. The van der Waals surface area contributed by atoms with E-state index < -0.39 is 40.1 Å². The molecule has 660 valence electrons. The highest BCUT2D eigenvalue weighted by Crippen LogP contribution is 2.52. The molecule has 20 rings (SSSR count). The van der Waals surface area contributed by atoms with E-state index >= 15 is 0 Å². The number of nitrogens with zero attached hydrogens (tertiary/aromatic N) is 10. The van der Waals surface area contributed by atoms with Gasteiger partial charge in [0.15, 0.2) is 22.4 Å². The van der Waals surface area contributed by atoms with Gasteiger partial charge in [-0.25, -0.2) is 18.2 Å². The molecule has 13 heterocycles. The molecule has 0 atom stereocenters. The van der Waals surface area contributed by atoms with E-state index in [1.165, 1.54) is 67.3 Å². The number of aromatic nitrogens is 5. The standard InChI is InChI=1S/C26H26F3N3O3.C25H25FN2O5.C24H23FN2O3.C23H17ClFN3O2/c1-16(2)34-20-9-8-18(30-17(20)3)24(33)31-14-12-25(13-15-31)22-10-11-23(26(27,28)29)32(22)19-6-4-5-7-21(19)35-25;1-31-20-14-21(32-2)18(12-16(20)15-29)24(30)27-10-7-25(8-11-27)23-4-3-9-28(23)19-6-5-17(26)13-22(19)33-25;1-16-5-3-6-18(22(16)29-2)23(28)26-13-10-24(11-14-26)21-7-4-12-27(21)19-9-8-17(25)15-20(19)30-24;24-17-13-15(5-7-18(17)25)22(29)27-11-9-23(10-12-27)21-8-6-16(14-26)28(21)19-3-1-2-4-20(19)30-23/h4-11,16H,12-15H2,1-3H3;3-6,9,12-14,29H,7-8,10-11,15H2,1-2H3;3-9,12,15H,10-11,13-14H2,1-2H3;1-8,13H,9-12H2. The lowest BCUT2D eigenvalue weighted by Crippen LogP contribution is -2.50. The number of likely N-dealkylation sites (tertiary alicyclic amines) is 4. The Labute approximate surface area is 739 Å². The van der Waals surface area contributed by atoms with Crippen LogP contribution in [0.4, 0.5) is 26.3 Å². The normalized spacial score (nSPS) is 16.4. The summed E-state index contributed by atoms with van der Waals surface area (Å²) in [7, 11) is 4.59. The molecule has 12 aromatic rings. The fourth-order valence-corrected chi connectivity index (χ4v) is 19.0.